The molecule has 1 fully saturated rings. The van der Waals surface area contributed by atoms with Crippen LogP contribution in [-0.4, -0.2) is 22.6 Å². The zero-order valence-electron chi connectivity index (χ0n) is 10.7. The second-order valence-corrected chi connectivity index (χ2v) is 5.05. The summed E-state index contributed by atoms with van der Waals surface area (Å²) in [4.78, 5) is 8.52. The van der Waals surface area contributed by atoms with Gasteiger partial charge >= 0.3 is 6.18 Å². The van der Waals surface area contributed by atoms with E-state index in [4.69, 9.17) is 0 Å². The Morgan fingerprint density at radius 2 is 2.15 bits per heavy atom. The highest BCUT2D eigenvalue weighted by atomic mass is 19.4. The van der Waals surface area contributed by atoms with Crippen molar-refractivity contribution in [1.82, 2.24) is 15.3 Å². The molecule has 0 bridgehead atoms. The second-order valence-electron chi connectivity index (χ2n) is 5.05. The van der Waals surface area contributed by atoms with E-state index in [2.05, 4.69) is 15.3 Å². The first-order chi connectivity index (χ1) is 9.52. The van der Waals surface area contributed by atoms with E-state index in [1.165, 1.54) is 12.3 Å². The highest BCUT2D eigenvalue weighted by Crippen LogP contribution is 2.30. The van der Waals surface area contributed by atoms with Crippen LogP contribution in [0.2, 0.25) is 0 Å². The number of halogens is 3. The van der Waals surface area contributed by atoms with Crippen molar-refractivity contribution in [3.63, 3.8) is 0 Å². The quantitative estimate of drug-likeness (QED) is 0.919. The topological polar surface area (TPSA) is 37.8 Å². The van der Waals surface area contributed by atoms with Crippen molar-refractivity contribution in [2.75, 3.05) is 6.54 Å². The van der Waals surface area contributed by atoms with Crippen molar-refractivity contribution in [2.45, 2.75) is 31.5 Å². The molecule has 1 aromatic carbocycles. The Bertz CT molecular complexity index is 619. The van der Waals surface area contributed by atoms with E-state index in [0.717, 1.165) is 37.9 Å². The number of nitrogens with one attached hydrogen (secondary N) is 1. The maximum absolute atomic E-state index is 12.6. The van der Waals surface area contributed by atoms with E-state index in [9.17, 15) is 13.2 Å². The first kappa shape index (κ1) is 13.3. The van der Waals surface area contributed by atoms with Gasteiger partial charge in [0.2, 0.25) is 0 Å². The van der Waals surface area contributed by atoms with Crippen molar-refractivity contribution in [3.8, 4) is 0 Å². The molecule has 106 valence electrons. The number of aromatic nitrogens is 2. The molecule has 2 heterocycles. The van der Waals surface area contributed by atoms with Gasteiger partial charge in [0.25, 0.3) is 0 Å². The van der Waals surface area contributed by atoms with Crippen LogP contribution in [0.5, 0.6) is 0 Å². The number of benzene rings is 1. The largest absolute Gasteiger partial charge is 0.416 e. The predicted octanol–water partition coefficient (Wildman–Crippen LogP) is 2.94. The van der Waals surface area contributed by atoms with Crippen molar-refractivity contribution < 1.29 is 13.2 Å². The fourth-order valence-electron chi connectivity index (χ4n) is 2.50. The monoisotopic (exact) mass is 281 g/mol. The van der Waals surface area contributed by atoms with Crippen LogP contribution in [0.1, 0.15) is 24.2 Å². The van der Waals surface area contributed by atoms with Gasteiger partial charge in [-0.2, -0.15) is 13.2 Å². The molecule has 20 heavy (non-hydrogen) atoms. The van der Waals surface area contributed by atoms with E-state index in [1.54, 1.807) is 0 Å². The summed E-state index contributed by atoms with van der Waals surface area (Å²) in [7, 11) is 0. The van der Waals surface area contributed by atoms with Crippen LogP contribution in [0.25, 0.3) is 10.9 Å². The Hall–Kier alpha value is -1.69. The van der Waals surface area contributed by atoms with E-state index in [-0.39, 0.29) is 0 Å². The third-order valence-corrected chi connectivity index (χ3v) is 3.55. The minimum Gasteiger partial charge on any atom is -0.314 e. The number of fused-ring (bicyclic) bond motifs is 1. The number of hydrogen-bond donors (Lipinski definition) is 1. The normalized spacial score (nSPS) is 19.6. The summed E-state index contributed by atoms with van der Waals surface area (Å²) in [6.07, 6.45) is 0.0983. The van der Waals surface area contributed by atoms with Crippen molar-refractivity contribution in [3.05, 3.63) is 35.8 Å². The van der Waals surface area contributed by atoms with Gasteiger partial charge in [0.15, 0.2) is 0 Å². The molecule has 0 aliphatic carbocycles. The molecule has 1 saturated heterocycles. The molecule has 1 unspecified atom stereocenters. The van der Waals surface area contributed by atoms with Crippen molar-refractivity contribution in [1.29, 1.82) is 0 Å². The van der Waals surface area contributed by atoms with Gasteiger partial charge < -0.3 is 5.32 Å². The summed E-state index contributed by atoms with van der Waals surface area (Å²) >= 11 is 0. The maximum Gasteiger partial charge on any atom is 0.416 e. The first-order valence-corrected chi connectivity index (χ1v) is 6.58. The molecule has 0 spiro atoms. The van der Waals surface area contributed by atoms with Crippen molar-refractivity contribution in [2.24, 2.45) is 0 Å². The maximum atomic E-state index is 12.6. The molecule has 3 nitrogen and oxygen atoms in total. The van der Waals surface area contributed by atoms with E-state index in [1.807, 2.05) is 0 Å². The molecule has 1 N–H and O–H groups in total. The Kier molecular flexibility index (Phi) is 3.33. The standard InChI is InChI=1S/C14H14F3N3/c15-14(16,17)10-3-4-12-9(6-10)8-19-13(20-12)7-11-2-1-5-18-11/h3-4,6,8,11,18H,1-2,5,7H2. The van der Waals surface area contributed by atoms with E-state index >= 15 is 0 Å². The summed E-state index contributed by atoms with van der Waals surface area (Å²) < 4.78 is 37.8. The van der Waals surface area contributed by atoms with Gasteiger partial charge in [-0.25, -0.2) is 9.97 Å². The number of hydrogen-bond acceptors (Lipinski definition) is 3. The lowest BCUT2D eigenvalue weighted by molar-refractivity contribution is -0.137. The Balaban J connectivity index is 1.88. The van der Waals surface area contributed by atoms with Crippen LogP contribution in [0.3, 0.4) is 0 Å². The molecule has 1 atom stereocenters. The van der Waals surface area contributed by atoms with Gasteiger partial charge in [0.1, 0.15) is 5.82 Å². The molecule has 1 aliphatic heterocycles. The van der Waals surface area contributed by atoms with E-state index < -0.39 is 11.7 Å². The molecular weight excluding hydrogens is 267 g/mol. The number of rotatable bonds is 2. The number of nitrogens with zero attached hydrogens (tertiary/aromatic N) is 2. The van der Waals surface area contributed by atoms with Gasteiger partial charge in [-0.05, 0) is 37.6 Å². The molecular formula is C14H14F3N3. The molecule has 1 aromatic heterocycles. The zero-order chi connectivity index (χ0) is 14.2. The highest BCUT2D eigenvalue weighted by Gasteiger charge is 2.30. The molecule has 6 heteroatoms. The average Bonchev–Trinajstić information content (AvgIpc) is 2.90. The predicted molar refractivity (Wildman–Crippen MR) is 69.3 cm³/mol. The third-order valence-electron chi connectivity index (χ3n) is 3.55. The van der Waals surface area contributed by atoms with Gasteiger partial charge in [-0.3, -0.25) is 0 Å². The van der Waals surface area contributed by atoms with Gasteiger partial charge in [0.05, 0.1) is 11.1 Å². The minimum atomic E-state index is -4.33. The fraction of sp³-hybridized carbons (Fsp3) is 0.429. The summed E-state index contributed by atoms with van der Waals surface area (Å²) in [5, 5.41) is 3.77. The summed E-state index contributed by atoms with van der Waals surface area (Å²) in [5.41, 5.74) is -0.111. The molecule has 3 rings (SSSR count). The summed E-state index contributed by atoms with van der Waals surface area (Å²) in [5.74, 6) is 0.677. The molecule has 2 aromatic rings. The summed E-state index contributed by atoms with van der Waals surface area (Å²) in [6.45, 7) is 1.01. The highest BCUT2D eigenvalue weighted by molar-refractivity contribution is 5.78. The van der Waals surface area contributed by atoms with Crippen LogP contribution < -0.4 is 5.32 Å². The number of alkyl halides is 3. The first-order valence-electron chi connectivity index (χ1n) is 6.58. The molecule has 0 saturated carbocycles. The smallest absolute Gasteiger partial charge is 0.314 e. The Morgan fingerprint density at radius 3 is 2.85 bits per heavy atom. The Morgan fingerprint density at radius 1 is 1.30 bits per heavy atom. The zero-order valence-corrected chi connectivity index (χ0v) is 10.7. The lowest BCUT2D eigenvalue weighted by Crippen LogP contribution is -2.24. The van der Waals surface area contributed by atoms with Crippen LogP contribution >= 0.6 is 0 Å². The Labute approximate surface area is 114 Å². The van der Waals surface area contributed by atoms with Gasteiger partial charge in [-0.15, -0.1) is 0 Å². The summed E-state index contributed by atoms with van der Waals surface area (Å²) in [6, 6.07) is 3.94. The van der Waals surface area contributed by atoms with Crippen molar-refractivity contribution >= 4 is 10.9 Å². The van der Waals surface area contributed by atoms with Crippen LogP contribution in [0.4, 0.5) is 13.2 Å². The van der Waals surface area contributed by atoms with Gasteiger partial charge in [0, 0.05) is 24.0 Å². The lowest BCUT2D eigenvalue weighted by Gasteiger charge is -2.10. The second kappa shape index (κ2) is 5.01. The van der Waals surface area contributed by atoms with Crippen LogP contribution in [0, 0.1) is 0 Å². The SMILES string of the molecule is FC(F)(F)c1ccc2nc(CC3CCCN3)ncc2c1. The van der Waals surface area contributed by atoms with Crippen LogP contribution in [0.15, 0.2) is 24.4 Å². The average molecular weight is 281 g/mol. The molecule has 0 radical (unpaired) electrons. The van der Waals surface area contributed by atoms with Gasteiger partial charge in [-0.1, -0.05) is 0 Å². The van der Waals surface area contributed by atoms with Crippen LogP contribution in [-0.2, 0) is 12.6 Å². The molecule has 0 amide bonds. The lowest BCUT2D eigenvalue weighted by atomic mass is 10.1. The molecule has 1 aliphatic rings. The minimum absolute atomic E-state index is 0.377. The third kappa shape index (κ3) is 2.75. The fourth-order valence-corrected chi connectivity index (χ4v) is 2.50. The van der Waals surface area contributed by atoms with E-state index in [0.29, 0.717) is 22.8 Å².